The summed E-state index contributed by atoms with van der Waals surface area (Å²) in [6.45, 7) is 9.68. The van der Waals surface area contributed by atoms with Gasteiger partial charge in [-0.3, -0.25) is 9.59 Å². The van der Waals surface area contributed by atoms with E-state index in [0.717, 1.165) is 25.1 Å². The lowest BCUT2D eigenvalue weighted by molar-refractivity contribution is -0.126. The summed E-state index contributed by atoms with van der Waals surface area (Å²) >= 11 is 0. The number of hydrogen-bond acceptors (Lipinski definition) is 2. The van der Waals surface area contributed by atoms with Crippen LogP contribution in [0.25, 0.3) is 0 Å². The zero-order valence-electron chi connectivity index (χ0n) is 16.1. The lowest BCUT2D eigenvalue weighted by atomic mass is 9.99. The van der Waals surface area contributed by atoms with Gasteiger partial charge in [0.1, 0.15) is 0 Å². The molecule has 0 unspecified atom stereocenters. The zero-order chi connectivity index (χ0) is 18.4. The summed E-state index contributed by atoms with van der Waals surface area (Å²) in [4.78, 5) is 26.6. The third-order valence-corrected chi connectivity index (χ3v) is 5.41. The molecule has 4 heteroatoms. The third-order valence-electron chi connectivity index (χ3n) is 5.41. The summed E-state index contributed by atoms with van der Waals surface area (Å²) in [5.74, 6) is 0.366. The summed E-state index contributed by atoms with van der Waals surface area (Å²) in [6, 6.07) is 6.04. The first-order valence-electron chi connectivity index (χ1n) is 9.61. The molecule has 1 N–H and O–H groups in total. The molecule has 0 radical (unpaired) electrons. The van der Waals surface area contributed by atoms with Crippen LogP contribution in [-0.2, 0) is 9.59 Å². The monoisotopic (exact) mass is 344 g/mol. The molecule has 1 aliphatic rings. The Hall–Kier alpha value is -1.84. The standard InChI is InChI=1S/C21H32N2O2/c1-5-7-8-17(6-2)13-22-21(25)18-12-20(24)23(14-18)19-10-9-15(3)16(4)11-19/h9-11,17-18H,5-8,12-14H2,1-4H3,(H,22,25)/t17-,18-/m1/s1. The van der Waals surface area contributed by atoms with Gasteiger partial charge in [-0.25, -0.2) is 0 Å². The van der Waals surface area contributed by atoms with Crippen molar-refractivity contribution in [3.8, 4) is 0 Å². The van der Waals surface area contributed by atoms with E-state index in [-0.39, 0.29) is 17.7 Å². The van der Waals surface area contributed by atoms with Crippen molar-refractivity contribution < 1.29 is 9.59 Å². The lowest BCUT2D eigenvalue weighted by Gasteiger charge is -2.19. The van der Waals surface area contributed by atoms with Gasteiger partial charge in [-0.15, -0.1) is 0 Å². The van der Waals surface area contributed by atoms with Crippen molar-refractivity contribution in [2.24, 2.45) is 11.8 Å². The van der Waals surface area contributed by atoms with Crippen molar-refractivity contribution in [1.82, 2.24) is 5.32 Å². The van der Waals surface area contributed by atoms with E-state index in [1.807, 2.05) is 25.1 Å². The van der Waals surface area contributed by atoms with E-state index >= 15 is 0 Å². The minimum absolute atomic E-state index is 0.0228. The average molecular weight is 344 g/mol. The number of hydrogen-bond donors (Lipinski definition) is 1. The summed E-state index contributed by atoms with van der Waals surface area (Å²) < 4.78 is 0. The van der Waals surface area contributed by atoms with Crippen LogP contribution in [0.2, 0.25) is 0 Å². The van der Waals surface area contributed by atoms with Crippen LogP contribution in [0.15, 0.2) is 18.2 Å². The van der Waals surface area contributed by atoms with Gasteiger partial charge in [0.15, 0.2) is 0 Å². The Balaban J connectivity index is 1.92. The SMILES string of the molecule is CCCC[C@@H](CC)CNC(=O)[C@@H]1CC(=O)N(c2ccc(C)c(C)c2)C1. The van der Waals surface area contributed by atoms with Crippen LogP contribution in [-0.4, -0.2) is 24.9 Å². The largest absolute Gasteiger partial charge is 0.356 e. The maximum absolute atomic E-state index is 12.5. The topological polar surface area (TPSA) is 49.4 Å². The lowest BCUT2D eigenvalue weighted by Crippen LogP contribution is -2.35. The Kier molecular flexibility index (Phi) is 7.03. The van der Waals surface area contributed by atoms with Crippen molar-refractivity contribution in [1.29, 1.82) is 0 Å². The molecule has 1 aliphatic heterocycles. The number of nitrogens with zero attached hydrogens (tertiary/aromatic N) is 1. The molecule has 138 valence electrons. The Bertz CT molecular complexity index is 612. The predicted octanol–water partition coefficient (Wildman–Crippen LogP) is 3.99. The van der Waals surface area contributed by atoms with Gasteiger partial charge < -0.3 is 10.2 Å². The molecule has 1 saturated heterocycles. The van der Waals surface area contributed by atoms with Crippen LogP contribution in [0.3, 0.4) is 0 Å². The van der Waals surface area contributed by atoms with Crippen LogP contribution >= 0.6 is 0 Å². The van der Waals surface area contributed by atoms with E-state index < -0.39 is 0 Å². The van der Waals surface area contributed by atoms with Crippen molar-refractivity contribution in [3.63, 3.8) is 0 Å². The number of benzene rings is 1. The summed E-state index contributed by atoms with van der Waals surface area (Å²) in [5.41, 5.74) is 3.28. The fourth-order valence-electron chi connectivity index (χ4n) is 3.36. The van der Waals surface area contributed by atoms with Crippen molar-refractivity contribution in [2.75, 3.05) is 18.0 Å². The maximum Gasteiger partial charge on any atom is 0.227 e. The Labute approximate surface area is 152 Å². The Morgan fingerprint density at radius 2 is 2.04 bits per heavy atom. The van der Waals surface area contributed by atoms with Gasteiger partial charge in [0.05, 0.1) is 5.92 Å². The quantitative estimate of drug-likeness (QED) is 0.775. The molecule has 0 aromatic heterocycles. The molecule has 4 nitrogen and oxygen atoms in total. The van der Waals surface area contributed by atoms with E-state index in [9.17, 15) is 9.59 Å². The first-order chi connectivity index (χ1) is 12.0. The molecule has 1 aromatic rings. The van der Waals surface area contributed by atoms with E-state index in [0.29, 0.717) is 18.9 Å². The Morgan fingerprint density at radius 3 is 2.68 bits per heavy atom. The van der Waals surface area contributed by atoms with E-state index in [2.05, 4.69) is 26.1 Å². The summed E-state index contributed by atoms with van der Waals surface area (Å²) in [7, 11) is 0. The highest BCUT2D eigenvalue weighted by Crippen LogP contribution is 2.27. The molecule has 2 atom stereocenters. The number of rotatable bonds is 8. The van der Waals surface area contributed by atoms with Crippen molar-refractivity contribution in [3.05, 3.63) is 29.3 Å². The van der Waals surface area contributed by atoms with E-state index in [1.165, 1.54) is 24.0 Å². The van der Waals surface area contributed by atoms with Crippen LogP contribution in [0.1, 0.15) is 57.1 Å². The minimum Gasteiger partial charge on any atom is -0.356 e. The molecule has 1 heterocycles. The van der Waals surface area contributed by atoms with E-state index in [4.69, 9.17) is 0 Å². The maximum atomic E-state index is 12.5. The van der Waals surface area contributed by atoms with E-state index in [1.54, 1.807) is 4.90 Å². The zero-order valence-corrected chi connectivity index (χ0v) is 16.1. The molecular weight excluding hydrogens is 312 g/mol. The van der Waals surface area contributed by atoms with Gasteiger partial charge >= 0.3 is 0 Å². The molecule has 1 aromatic carbocycles. The third kappa shape index (κ3) is 5.07. The van der Waals surface area contributed by atoms with Crippen LogP contribution < -0.4 is 10.2 Å². The highest BCUT2D eigenvalue weighted by atomic mass is 16.2. The Morgan fingerprint density at radius 1 is 1.28 bits per heavy atom. The molecule has 0 saturated carbocycles. The normalized spacial score (nSPS) is 18.5. The van der Waals surface area contributed by atoms with Crippen LogP contribution in [0.5, 0.6) is 0 Å². The van der Waals surface area contributed by atoms with Crippen molar-refractivity contribution in [2.45, 2.75) is 59.8 Å². The fourth-order valence-corrected chi connectivity index (χ4v) is 3.36. The molecule has 2 amide bonds. The second-order valence-corrected chi connectivity index (χ2v) is 7.34. The first-order valence-corrected chi connectivity index (χ1v) is 9.61. The number of carbonyl (C=O) groups excluding carboxylic acids is 2. The van der Waals surface area contributed by atoms with Gasteiger partial charge in [0.2, 0.25) is 11.8 Å². The second-order valence-electron chi connectivity index (χ2n) is 7.34. The fraction of sp³-hybridized carbons (Fsp3) is 0.619. The van der Waals surface area contributed by atoms with Gasteiger partial charge in [-0.2, -0.15) is 0 Å². The number of aryl methyl sites for hydroxylation is 2. The molecular formula is C21H32N2O2. The molecule has 2 rings (SSSR count). The van der Waals surface area contributed by atoms with Crippen LogP contribution in [0, 0.1) is 25.7 Å². The summed E-state index contributed by atoms with van der Waals surface area (Å²) in [6.07, 6.45) is 4.94. The molecule has 0 bridgehead atoms. The molecule has 0 aliphatic carbocycles. The van der Waals surface area contributed by atoms with Gasteiger partial charge in [0, 0.05) is 25.2 Å². The second kappa shape index (κ2) is 9.02. The minimum atomic E-state index is -0.238. The number of amides is 2. The summed E-state index contributed by atoms with van der Waals surface area (Å²) in [5, 5.41) is 3.08. The molecule has 1 fully saturated rings. The highest BCUT2D eigenvalue weighted by molar-refractivity contribution is 6.00. The van der Waals surface area contributed by atoms with Gasteiger partial charge in [-0.1, -0.05) is 39.2 Å². The number of carbonyl (C=O) groups is 2. The highest BCUT2D eigenvalue weighted by Gasteiger charge is 2.35. The molecule has 0 spiro atoms. The van der Waals surface area contributed by atoms with Crippen molar-refractivity contribution >= 4 is 17.5 Å². The first kappa shape index (κ1) is 19.5. The van der Waals surface area contributed by atoms with Gasteiger partial charge in [0.25, 0.3) is 0 Å². The molecule has 25 heavy (non-hydrogen) atoms. The average Bonchev–Trinajstić information content (AvgIpc) is 2.99. The number of unbranched alkanes of at least 4 members (excludes halogenated alkanes) is 1. The number of anilines is 1. The van der Waals surface area contributed by atoms with Crippen LogP contribution in [0.4, 0.5) is 5.69 Å². The smallest absolute Gasteiger partial charge is 0.227 e. The van der Waals surface area contributed by atoms with Gasteiger partial charge in [-0.05, 0) is 49.4 Å². The predicted molar refractivity (Wildman–Crippen MR) is 103 cm³/mol. The number of nitrogens with one attached hydrogen (secondary N) is 1.